The summed E-state index contributed by atoms with van der Waals surface area (Å²) < 4.78 is 19.4. The van der Waals surface area contributed by atoms with Gasteiger partial charge in [-0.25, -0.2) is 9.37 Å². The number of aromatic nitrogens is 1. The van der Waals surface area contributed by atoms with E-state index in [1.807, 2.05) is 30.3 Å². The van der Waals surface area contributed by atoms with Crippen LogP contribution in [0.1, 0.15) is 0 Å². The minimum absolute atomic E-state index is 0. The average molecular weight is 363 g/mol. The Balaban J connectivity index is 0.00000225. The lowest BCUT2D eigenvalue weighted by atomic mass is 10.1. The number of nitrogens with one attached hydrogen (secondary N) is 1. The van der Waals surface area contributed by atoms with E-state index in [1.54, 1.807) is 19.2 Å². The first-order valence-corrected chi connectivity index (χ1v) is 7.78. The number of aliphatic hydroxyl groups excluding tert-OH is 1. The number of likely N-dealkylation sites (N-methyl/N-ethyl adjacent to an activating group) is 1. The summed E-state index contributed by atoms with van der Waals surface area (Å²) in [6.07, 6.45) is -0.646. The van der Waals surface area contributed by atoms with E-state index in [9.17, 15) is 9.50 Å². The quantitative estimate of drug-likeness (QED) is 0.705. The molecular weight excluding hydrogens is 343 g/mol. The molecule has 0 saturated heterocycles. The zero-order chi connectivity index (χ0) is 16.9. The molecule has 3 rings (SSSR count). The summed E-state index contributed by atoms with van der Waals surface area (Å²) in [4.78, 5) is 4.59. The van der Waals surface area contributed by atoms with Crippen LogP contribution in [-0.2, 0) is 0 Å². The predicted octanol–water partition coefficient (Wildman–Crippen LogP) is 3.42. The molecule has 0 bridgehead atoms. The minimum Gasteiger partial charge on any atom is -0.490 e. The highest BCUT2D eigenvalue weighted by atomic mass is 35.5. The first-order valence-electron chi connectivity index (χ1n) is 7.78. The van der Waals surface area contributed by atoms with Crippen LogP contribution in [0.3, 0.4) is 0 Å². The molecule has 4 nitrogen and oxygen atoms in total. The van der Waals surface area contributed by atoms with Crippen LogP contribution in [0.15, 0.2) is 54.6 Å². The van der Waals surface area contributed by atoms with Crippen LogP contribution >= 0.6 is 12.4 Å². The largest absolute Gasteiger partial charge is 0.490 e. The number of fused-ring (bicyclic) bond motifs is 1. The van der Waals surface area contributed by atoms with Gasteiger partial charge < -0.3 is 15.2 Å². The maximum atomic E-state index is 13.6. The molecule has 3 aromatic rings. The number of pyridine rings is 1. The van der Waals surface area contributed by atoms with Crippen molar-refractivity contribution in [3.05, 3.63) is 60.4 Å². The van der Waals surface area contributed by atoms with Crippen molar-refractivity contribution in [3.8, 4) is 17.0 Å². The number of benzene rings is 2. The molecule has 0 radical (unpaired) electrons. The Labute approximate surface area is 152 Å². The van der Waals surface area contributed by atoms with Gasteiger partial charge in [-0.15, -0.1) is 12.4 Å². The lowest BCUT2D eigenvalue weighted by Crippen LogP contribution is -2.29. The molecule has 6 heteroatoms. The smallest absolute Gasteiger partial charge is 0.131 e. The molecule has 0 aliphatic carbocycles. The third-order valence-electron chi connectivity index (χ3n) is 3.67. The van der Waals surface area contributed by atoms with Crippen LogP contribution in [0.4, 0.5) is 4.39 Å². The van der Waals surface area contributed by atoms with Crippen molar-refractivity contribution in [2.24, 2.45) is 0 Å². The number of aliphatic hydroxyl groups is 1. The first kappa shape index (κ1) is 19.1. The summed E-state index contributed by atoms with van der Waals surface area (Å²) in [6.45, 7) is 0.535. The SMILES string of the molecule is CNCC(O)COc1cc(-c2ccccc2)nc2ccc(F)cc12.Cl. The Morgan fingerprint density at radius 2 is 1.92 bits per heavy atom. The highest BCUT2D eigenvalue weighted by Crippen LogP contribution is 2.30. The Morgan fingerprint density at radius 3 is 2.64 bits per heavy atom. The molecule has 132 valence electrons. The summed E-state index contributed by atoms with van der Waals surface area (Å²) in [7, 11) is 1.76. The summed E-state index contributed by atoms with van der Waals surface area (Å²) in [5, 5.41) is 13.3. The number of hydrogen-bond acceptors (Lipinski definition) is 4. The van der Waals surface area contributed by atoms with Crippen molar-refractivity contribution in [2.75, 3.05) is 20.2 Å². The van der Waals surface area contributed by atoms with Gasteiger partial charge in [0, 0.05) is 23.6 Å². The molecule has 25 heavy (non-hydrogen) atoms. The average Bonchev–Trinajstić information content (AvgIpc) is 2.60. The molecule has 1 aromatic heterocycles. The van der Waals surface area contributed by atoms with Crippen molar-refractivity contribution in [1.82, 2.24) is 10.3 Å². The van der Waals surface area contributed by atoms with Crippen molar-refractivity contribution in [1.29, 1.82) is 0 Å². The summed E-state index contributed by atoms with van der Waals surface area (Å²) in [5.41, 5.74) is 2.34. The number of ether oxygens (including phenoxy) is 1. The number of nitrogens with zero attached hydrogens (tertiary/aromatic N) is 1. The Hall–Kier alpha value is -2.21. The fourth-order valence-corrected chi connectivity index (χ4v) is 2.52. The first-order chi connectivity index (χ1) is 11.7. The third-order valence-corrected chi connectivity index (χ3v) is 3.67. The van der Waals surface area contributed by atoms with Crippen LogP contribution in [0.5, 0.6) is 5.75 Å². The molecule has 2 aromatic carbocycles. The van der Waals surface area contributed by atoms with Gasteiger partial charge in [0.05, 0.1) is 11.2 Å². The Morgan fingerprint density at radius 1 is 1.16 bits per heavy atom. The summed E-state index contributed by atoms with van der Waals surface area (Å²) in [5.74, 6) is 0.158. The number of rotatable bonds is 6. The molecule has 1 heterocycles. The molecule has 0 aliphatic rings. The maximum Gasteiger partial charge on any atom is 0.131 e. The van der Waals surface area contributed by atoms with E-state index in [0.717, 1.165) is 11.3 Å². The van der Waals surface area contributed by atoms with E-state index in [0.29, 0.717) is 23.2 Å². The second-order valence-electron chi connectivity index (χ2n) is 5.56. The van der Waals surface area contributed by atoms with Gasteiger partial charge in [0.15, 0.2) is 0 Å². The fraction of sp³-hybridized carbons (Fsp3) is 0.211. The van der Waals surface area contributed by atoms with Gasteiger partial charge in [-0.3, -0.25) is 0 Å². The predicted molar refractivity (Wildman–Crippen MR) is 99.8 cm³/mol. The van der Waals surface area contributed by atoms with Crippen molar-refractivity contribution in [3.63, 3.8) is 0 Å². The molecule has 0 spiro atoms. The van der Waals surface area contributed by atoms with Gasteiger partial charge in [-0.1, -0.05) is 30.3 Å². The van der Waals surface area contributed by atoms with E-state index in [1.165, 1.54) is 12.1 Å². The van der Waals surface area contributed by atoms with Crippen LogP contribution in [0.2, 0.25) is 0 Å². The van der Waals surface area contributed by atoms with Crippen LogP contribution in [0.25, 0.3) is 22.2 Å². The van der Waals surface area contributed by atoms with Gasteiger partial charge in [0.2, 0.25) is 0 Å². The zero-order valence-corrected chi connectivity index (χ0v) is 14.6. The highest BCUT2D eigenvalue weighted by molar-refractivity contribution is 5.88. The summed E-state index contributed by atoms with van der Waals surface area (Å²) >= 11 is 0. The van der Waals surface area contributed by atoms with E-state index >= 15 is 0 Å². The van der Waals surface area contributed by atoms with Crippen LogP contribution in [0, 0.1) is 5.82 Å². The fourth-order valence-electron chi connectivity index (χ4n) is 2.52. The van der Waals surface area contributed by atoms with E-state index in [2.05, 4.69) is 10.3 Å². The van der Waals surface area contributed by atoms with Gasteiger partial charge >= 0.3 is 0 Å². The molecule has 0 fully saturated rings. The molecule has 1 unspecified atom stereocenters. The number of halogens is 2. The van der Waals surface area contributed by atoms with Gasteiger partial charge in [0.1, 0.15) is 24.3 Å². The molecule has 0 aliphatic heterocycles. The zero-order valence-electron chi connectivity index (χ0n) is 13.8. The van der Waals surface area contributed by atoms with E-state index in [4.69, 9.17) is 4.74 Å². The molecule has 1 atom stereocenters. The van der Waals surface area contributed by atoms with Crippen molar-refractivity contribution < 1.29 is 14.2 Å². The lowest BCUT2D eigenvalue weighted by molar-refractivity contribution is 0.109. The van der Waals surface area contributed by atoms with Gasteiger partial charge in [0.25, 0.3) is 0 Å². The molecule has 0 saturated carbocycles. The standard InChI is InChI=1S/C19H19FN2O2.ClH/c1-21-11-15(23)12-24-19-10-18(13-5-3-2-4-6-13)22-17-8-7-14(20)9-16(17)19;/h2-10,15,21,23H,11-12H2,1H3;1H. The normalized spacial score (nSPS) is 11.8. The van der Waals surface area contributed by atoms with Crippen molar-refractivity contribution >= 4 is 23.3 Å². The molecule has 2 N–H and O–H groups in total. The summed E-state index contributed by atoms with van der Waals surface area (Å²) in [6, 6.07) is 15.9. The lowest BCUT2D eigenvalue weighted by Gasteiger charge is -2.15. The topological polar surface area (TPSA) is 54.4 Å². The Kier molecular flexibility index (Phi) is 6.70. The highest BCUT2D eigenvalue weighted by Gasteiger charge is 2.11. The second kappa shape index (κ2) is 8.76. The van der Waals surface area contributed by atoms with Gasteiger partial charge in [-0.2, -0.15) is 0 Å². The third kappa shape index (κ3) is 4.66. The minimum atomic E-state index is -0.646. The Bertz CT molecular complexity index is 830. The van der Waals surface area contributed by atoms with Crippen LogP contribution < -0.4 is 10.1 Å². The van der Waals surface area contributed by atoms with Crippen LogP contribution in [-0.4, -0.2) is 36.4 Å². The molecular formula is C19H20ClFN2O2. The van der Waals surface area contributed by atoms with Crippen molar-refractivity contribution in [2.45, 2.75) is 6.10 Å². The van der Waals surface area contributed by atoms with Gasteiger partial charge in [-0.05, 0) is 25.2 Å². The second-order valence-corrected chi connectivity index (χ2v) is 5.56. The monoisotopic (exact) mass is 362 g/mol. The molecule has 0 amide bonds. The van der Waals surface area contributed by atoms with E-state index < -0.39 is 6.10 Å². The number of hydrogen-bond donors (Lipinski definition) is 2. The van der Waals surface area contributed by atoms with E-state index in [-0.39, 0.29) is 24.8 Å². The maximum absolute atomic E-state index is 13.6.